The molecular formula is C13H18N4O2S. The van der Waals surface area contributed by atoms with Crippen LogP contribution in [-0.2, 0) is 10.0 Å². The molecule has 108 valence electrons. The first-order valence-electron chi connectivity index (χ1n) is 6.55. The molecule has 7 heteroatoms. The van der Waals surface area contributed by atoms with Gasteiger partial charge in [-0.15, -0.1) is 0 Å². The van der Waals surface area contributed by atoms with E-state index in [4.69, 9.17) is 11.0 Å². The van der Waals surface area contributed by atoms with Gasteiger partial charge >= 0.3 is 0 Å². The van der Waals surface area contributed by atoms with E-state index in [9.17, 15) is 8.42 Å². The third-order valence-electron chi connectivity index (χ3n) is 3.92. The smallest absolute Gasteiger partial charge is 0.245 e. The number of nitriles is 1. The lowest BCUT2D eigenvalue weighted by Crippen LogP contribution is -2.41. The van der Waals surface area contributed by atoms with Gasteiger partial charge in [0.15, 0.2) is 5.69 Å². The Kier molecular flexibility index (Phi) is 4.38. The van der Waals surface area contributed by atoms with E-state index in [0.717, 1.165) is 19.3 Å². The van der Waals surface area contributed by atoms with Gasteiger partial charge in [0.2, 0.25) is 10.0 Å². The standard InChI is InChI=1S/C13H18N4O2S/c1-17(12-5-2-4-10(12)8-14)20(18,19)13-6-3-7-16-11(13)9-15/h3,6-7,10,12H,2,4-5,8,14H2,1H3. The summed E-state index contributed by atoms with van der Waals surface area (Å²) in [4.78, 5) is 3.79. The van der Waals surface area contributed by atoms with E-state index in [1.54, 1.807) is 7.05 Å². The van der Waals surface area contributed by atoms with Crippen LogP contribution in [0.25, 0.3) is 0 Å². The molecule has 2 rings (SSSR count). The summed E-state index contributed by atoms with van der Waals surface area (Å²) in [6.45, 7) is 0.475. The molecule has 0 bridgehead atoms. The van der Waals surface area contributed by atoms with Crippen LogP contribution in [0.5, 0.6) is 0 Å². The van der Waals surface area contributed by atoms with E-state index >= 15 is 0 Å². The highest BCUT2D eigenvalue weighted by molar-refractivity contribution is 7.89. The quantitative estimate of drug-likeness (QED) is 0.881. The van der Waals surface area contributed by atoms with Gasteiger partial charge in [0, 0.05) is 19.3 Å². The molecule has 0 spiro atoms. The van der Waals surface area contributed by atoms with E-state index in [1.165, 1.54) is 22.6 Å². The maximum atomic E-state index is 12.7. The van der Waals surface area contributed by atoms with Crippen molar-refractivity contribution in [1.29, 1.82) is 5.26 Å². The maximum absolute atomic E-state index is 12.7. The van der Waals surface area contributed by atoms with Crippen molar-refractivity contribution in [2.24, 2.45) is 11.7 Å². The fourth-order valence-electron chi connectivity index (χ4n) is 2.79. The number of sulfonamides is 1. The van der Waals surface area contributed by atoms with E-state index in [1.807, 2.05) is 6.07 Å². The van der Waals surface area contributed by atoms with Gasteiger partial charge in [-0.25, -0.2) is 13.4 Å². The number of nitrogens with zero attached hydrogens (tertiary/aromatic N) is 3. The van der Waals surface area contributed by atoms with E-state index in [-0.39, 0.29) is 22.5 Å². The average molecular weight is 294 g/mol. The van der Waals surface area contributed by atoms with Crippen LogP contribution in [0, 0.1) is 17.2 Å². The maximum Gasteiger partial charge on any atom is 0.245 e. The van der Waals surface area contributed by atoms with Crippen molar-refractivity contribution < 1.29 is 8.42 Å². The van der Waals surface area contributed by atoms with Gasteiger partial charge in [0.1, 0.15) is 11.0 Å². The Hall–Kier alpha value is -1.49. The molecule has 0 radical (unpaired) electrons. The molecule has 6 nitrogen and oxygen atoms in total. The zero-order valence-electron chi connectivity index (χ0n) is 11.4. The second-order valence-corrected chi connectivity index (χ2v) is 6.94. The Morgan fingerprint density at radius 3 is 2.95 bits per heavy atom. The lowest BCUT2D eigenvalue weighted by molar-refractivity contribution is 0.304. The molecular weight excluding hydrogens is 276 g/mol. The fourth-order valence-corrected chi connectivity index (χ4v) is 4.32. The second-order valence-electron chi connectivity index (χ2n) is 4.98. The van der Waals surface area contributed by atoms with Gasteiger partial charge in [-0.2, -0.15) is 9.57 Å². The first-order valence-corrected chi connectivity index (χ1v) is 7.99. The average Bonchev–Trinajstić information content (AvgIpc) is 2.94. The summed E-state index contributed by atoms with van der Waals surface area (Å²) in [5, 5.41) is 9.01. The van der Waals surface area contributed by atoms with Crippen LogP contribution in [0.3, 0.4) is 0 Å². The molecule has 1 aliphatic carbocycles. The summed E-state index contributed by atoms with van der Waals surface area (Å²) >= 11 is 0. The normalized spacial score (nSPS) is 22.9. The summed E-state index contributed by atoms with van der Waals surface area (Å²) in [5.74, 6) is 0.178. The van der Waals surface area contributed by atoms with Crippen LogP contribution < -0.4 is 5.73 Å². The zero-order chi connectivity index (χ0) is 14.8. The Labute approximate surface area is 119 Å². The Morgan fingerprint density at radius 1 is 1.55 bits per heavy atom. The molecule has 1 fully saturated rings. The topological polar surface area (TPSA) is 100 Å². The molecule has 2 unspecified atom stereocenters. The lowest BCUT2D eigenvalue weighted by atomic mass is 10.0. The van der Waals surface area contributed by atoms with Crippen LogP contribution in [-0.4, -0.2) is 37.3 Å². The minimum atomic E-state index is -3.72. The summed E-state index contributed by atoms with van der Waals surface area (Å²) in [6, 6.07) is 4.68. The Balaban J connectivity index is 2.37. The van der Waals surface area contributed by atoms with Gasteiger partial charge < -0.3 is 5.73 Å². The molecule has 1 aliphatic rings. The van der Waals surface area contributed by atoms with E-state index in [0.29, 0.717) is 6.54 Å². The van der Waals surface area contributed by atoms with Crippen molar-refractivity contribution >= 4 is 10.0 Å². The van der Waals surface area contributed by atoms with Gasteiger partial charge in [0.25, 0.3) is 0 Å². The van der Waals surface area contributed by atoms with Crippen LogP contribution in [0.15, 0.2) is 23.2 Å². The fraction of sp³-hybridized carbons (Fsp3) is 0.538. The Bertz CT molecular complexity index is 624. The van der Waals surface area contributed by atoms with Crippen LogP contribution >= 0.6 is 0 Å². The number of hydrogen-bond acceptors (Lipinski definition) is 5. The van der Waals surface area contributed by atoms with Gasteiger partial charge in [-0.1, -0.05) is 6.42 Å². The predicted molar refractivity (Wildman–Crippen MR) is 74.1 cm³/mol. The summed E-state index contributed by atoms with van der Waals surface area (Å²) in [5.41, 5.74) is 5.65. The molecule has 0 saturated heterocycles. The SMILES string of the molecule is CN(C1CCCC1CN)S(=O)(=O)c1cccnc1C#N. The molecule has 1 aromatic heterocycles. The summed E-state index contributed by atoms with van der Waals surface area (Å²) < 4.78 is 26.7. The van der Waals surface area contributed by atoms with Crippen LogP contribution in [0.1, 0.15) is 25.0 Å². The number of aromatic nitrogens is 1. The lowest BCUT2D eigenvalue weighted by Gasteiger charge is -2.28. The van der Waals surface area contributed by atoms with Crippen LogP contribution in [0.4, 0.5) is 0 Å². The number of nitrogens with two attached hydrogens (primary N) is 1. The largest absolute Gasteiger partial charge is 0.330 e. The molecule has 2 atom stereocenters. The number of hydrogen-bond donors (Lipinski definition) is 1. The van der Waals surface area contributed by atoms with Crippen LogP contribution in [0.2, 0.25) is 0 Å². The third kappa shape index (κ3) is 2.54. The third-order valence-corrected chi connectivity index (χ3v) is 5.84. The summed E-state index contributed by atoms with van der Waals surface area (Å²) in [6.07, 6.45) is 4.14. The van der Waals surface area contributed by atoms with Crippen molar-refractivity contribution in [2.45, 2.75) is 30.2 Å². The Morgan fingerprint density at radius 2 is 2.30 bits per heavy atom. The van der Waals surface area contributed by atoms with E-state index < -0.39 is 10.0 Å². The highest BCUT2D eigenvalue weighted by Crippen LogP contribution is 2.32. The van der Waals surface area contributed by atoms with Gasteiger partial charge in [-0.05, 0) is 37.4 Å². The molecule has 1 heterocycles. The highest BCUT2D eigenvalue weighted by Gasteiger charge is 2.36. The molecule has 2 N–H and O–H groups in total. The molecule has 0 aromatic carbocycles. The minimum Gasteiger partial charge on any atom is -0.330 e. The van der Waals surface area contributed by atoms with Crippen molar-refractivity contribution in [2.75, 3.05) is 13.6 Å². The van der Waals surface area contributed by atoms with Crippen molar-refractivity contribution in [3.05, 3.63) is 24.0 Å². The van der Waals surface area contributed by atoms with Gasteiger partial charge in [0.05, 0.1) is 0 Å². The van der Waals surface area contributed by atoms with Crippen molar-refractivity contribution in [3.63, 3.8) is 0 Å². The molecule has 20 heavy (non-hydrogen) atoms. The predicted octanol–water partition coefficient (Wildman–Crippen LogP) is 0.701. The molecule has 0 amide bonds. The number of rotatable bonds is 4. The molecule has 0 aliphatic heterocycles. The molecule has 1 saturated carbocycles. The highest BCUT2D eigenvalue weighted by atomic mass is 32.2. The first-order chi connectivity index (χ1) is 9.52. The van der Waals surface area contributed by atoms with Gasteiger partial charge in [-0.3, -0.25) is 0 Å². The van der Waals surface area contributed by atoms with Crippen molar-refractivity contribution in [3.8, 4) is 6.07 Å². The second kappa shape index (κ2) is 5.87. The number of pyridine rings is 1. The van der Waals surface area contributed by atoms with Crippen molar-refractivity contribution in [1.82, 2.24) is 9.29 Å². The minimum absolute atomic E-state index is 0.0346. The zero-order valence-corrected chi connectivity index (χ0v) is 12.2. The van der Waals surface area contributed by atoms with E-state index in [2.05, 4.69) is 4.98 Å². The summed E-state index contributed by atoms with van der Waals surface area (Å²) in [7, 11) is -2.16. The monoisotopic (exact) mass is 294 g/mol. The first kappa shape index (κ1) is 14.9. The molecule has 1 aromatic rings.